The van der Waals surface area contributed by atoms with Crippen LogP contribution in [0.1, 0.15) is 50.7 Å². The summed E-state index contributed by atoms with van der Waals surface area (Å²) in [5.74, 6) is 0.203. The van der Waals surface area contributed by atoms with Crippen molar-refractivity contribution < 1.29 is 20.4 Å². The molecule has 0 amide bonds. The van der Waals surface area contributed by atoms with Crippen LogP contribution in [0.15, 0.2) is 139 Å². The topological polar surface area (TPSA) is 87.4 Å². The lowest BCUT2D eigenvalue weighted by Crippen LogP contribution is -2.20. The van der Waals surface area contributed by atoms with Gasteiger partial charge in [0.15, 0.2) is 0 Å². The highest BCUT2D eigenvalue weighted by Gasteiger charge is 2.34. The molecule has 4 aliphatic rings. The molecule has 46 heavy (non-hydrogen) atoms. The maximum Gasteiger partial charge on any atom is 0.138 e. The van der Waals surface area contributed by atoms with E-state index in [0.29, 0.717) is 33.4 Å². The fraction of sp³-hybridized carbons (Fsp3) is 0.211. The van der Waals surface area contributed by atoms with Crippen LogP contribution in [0.4, 0.5) is 11.4 Å². The van der Waals surface area contributed by atoms with Gasteiger partial charge in [0.2, 0.25) is 0 Å². The van der Waals surface area contributed by atoms with E-state index >= 15 is 0 Å². The van der Waals surface area contributed by atoms with Gasteiger partial charge in [-0.15, -0.1) is 0 Å². The maximum absolute atomic E-state index is 11.0. The fourth-order valence-electron chi connectivity index (χ4n) is 6.15. The fourth-order valence-corrected chi connectivity index (χ4v) is 8.41. The van der Waals surface area contributed by atoms with Crippen LogP contribution in [0, 0.1) is 0 Å². The Bertz CT molecular complexity index is 1780. The van der Waals surface area contributed by atoms with E-state index in [0.717, 1.165) is 70.0 Å². The van der Waals surface area contributed by atoms with E-state index in [4.69, 9.17) is 0 Å². The van der Waals surface area contributed by atoms with E-state index in [1.807, 2.05) is 36.4 Å². The molecule has 0 atom stereocenters. The Balaban J connectivity index is 1.09. The number of para-hydroxylation sites is 2. The number of allylic oxidation sites excluding steroid dienone is 4. The Morgan fingerprint density at radius 3 is 1.30 bits per heavy atom. The van der Waals surface area contributed by atoms with Crippen molar-refractivity contribution >= 4 is 46.0 Å². The molecule has 3 aromatic carbocycles. The standard InChI is InChI=1S/C38H36N2O4S2/c1-3-5-19-39-27-11-7-9-13-29(27)45-31(39)21-25-35(41)33(36(25)42)23-15-17-24(18-16-23)34-37(43)26(38(34)44)22-32-40(20-6-4-2)28-12-8-10-14-30(28)46-32/h7-18,21-22,41-44H,3-6,19-20H2,1-2H3. The van der Waals surface area contributed by atoms with Gasteiger partial charge in [0, 0.05) is 22.9 Å². The zero-order valence-corrected chi connectivity index (χ0v) is 27.5. The van der Waals surface area contributed by atoms with E-state index < -0.39 is 0 Å². The second-order valence-corrected chi connectivity index (χ2v) is 13.8. The molecule has 0 aromatic heterocycles. The summed E-state index contributed by atoms with van der Waals surface area (Å²) in [7, 11) is 0. The molecule has 0 radical (unpaired) electrons. The summed E-state index contributed by atoms with van der Waals surface area (Å²) in [6, 6.07) is 23.6. The largest absolute Gasteiger partial charge is 0.506 e. The van der Waals surface area contributed by atoms with Crippen molar-refractivity contribution in [2.45, 2.75) is 49.3 Å². The van der Waals surface area contributed by atoms with E-state index in [1.165, 1.54) is 0 Å². The average Bonchev–Trinajstić information content (AvgIpc) is 3.62. The number of anilines is 2. The molecule has 4 N–H and O–H groups in total. The van der Waals surface area contributed by atoms with Gasteiger partial charge in [0.05, 0.1) is 43.7 Å². The first-order valence-electron chi connectivity index (χ1n) is 15.8. The van der Waals surface area contributed by atoms with Gasteiger partial charge in [-0.05, 0) is 60.4 Å². The van der Waals surface area contributed by atoms with Crippen LogP contribution in [0.5, 0.6) is 0 Å². The first-order valence-corrected chi connectivity index (χ1v) is 17.4. The van der Waals surface area contributed by atoms with Crippen LogP contribution in [0.25, 0.3) is 11.1 Å². The van der Waals surface area contributed by atoms with Crippen molar-refractivity contribution in [3.8, 4) is 0 Å². The number of thioether (sulfide) groups is 2. The van der Waals surface area contributed by atoms with Gasteiger partial charge in [0.25, 0.3) is 0 Å². The van der Waals surface area contributed by atoms with Gasteiger partial charge in [-0.25, -0.2) is 0 Å². The third-order valence-corrected chi connectivity index (χ3v) is 10.9. The number of rotatable bonds is 10. The predicted molar refractivity (Wildman–Crippen MR) is 190 cm³/mol. The molecule has 0 unspecified atom stereocenters. The maximum atomic E-state index is 11.0. The van der Waals surface area contributed by atoms with E-state index in [9.17, 15) is 20.4 Å². The molecular weight excluding hydrogens is 613 g/mol. The summed E-state index contributed by atoms with van der Waals surface area (Å²) < 4.78 is 0. The van der Waals surface area contributed by atoms with Gasteiger partial charge in [-0.2, -0.15) is 0 Å². The van der Waals surface area contributed by atoms with Crippen molar-refractivity contribution in [3.63, 3.8) is 0 Å². The van der Waals surface area contributed by atoms with Crippen molar-refractivity contribution in [1.82, 2.24) is 0 Å². The number of benzene rings is 3. The number of hydrogen-bond acceptors (Lipinski definition) is 8. The number of aliphatic hydroxyl groups is 4. The smallest absolute Gasteiger partial charge is 0.138 e. The van der Waals surface area contributed by atoms with Gasteiger partial charge < -0.3 is 30.2 Å². The van der Waals surface area contributed by atoms with Gasteiger partial charge >= 0.3 is 0 Å². The molecule has 0 fully saturated rings. The van der Waals surface area contributed by atoms with E-state index in [-0.39, 0.29) is 23.0 Å². The Hall–Kier alpha value is -4.40. The Morgan fingerprint density at radius 1 is 0.543 bits per heavy atom. The third kappa shape index (κ3) is 5.10. The summed E-state index contributed by atoms with van der Waals surface area (Å²) in [5.41, 5.74) is 5.24. The Kier molecular flexibility index (Phi) is 8.17. The first kappa shape index (κ1) is 30.3. The highest BCUT2D eigenvalue weighted by Crippen LogP contribution is 2.50. The summed E-state index contributed by atoms with van der Waals surface area (Å²) >= 11 is 3.28. The summed E-state index contributed by atoms with van der Waals surface area (Å²) in [6.07, 6.45) is 7.95. The number of hydrogen-bond donors (Lipinski definition) is 4. The normalized spacial score (nSPS) is 19.0. The molecule has 2 heterocycles. The predicted octanol–water partition coefficient (Wildman–Crippen LogP) is 10.4. The lowest BCUT2D eigenvalue weighted by atomic mass is 9.85. The van der Waals surface area contributed by atoms with Crippen molar-refractivity contribution in [2.24, 2.45) is 0 Å². The van der Waals surface area contributed by atoms with Crippen LogP contribution in [0.3, 0.4) is 0 Å². The van der Waals surface area contributed by atoms with Crippen LogP contribution < -0.4 is 9.80 Å². The molecule has 0 saturated carbocycles. The molecule has 2 aliphatic carbocycles. The molecular formula is C38H36N2O4S2. The molecule has 7 rings (SSSR count). The minimum atomic E-state index is 0.0507. The SMILES string of the molecule is CCCCN1C(=CC2=C(O)C(c3ccc(C4=C(O)C(C=C5Sc6ccccc6N5CCCC)=C4O)cc3)=C2O)Sc2ccccc21. The van der Waals surface area contributed by atoms with E-state index in [1.54, 1.807) is 47.8 Å². The minimum Gasteiger partial charge on any atom is -0.506 e. The molecule has 234 valence electrons. The zero-order valence-electron chi connectivity index (χ0n) is 25.8. The third-order valence-electron chi connectivity index (χ3n) is 8.71. The second kappa shape index (κ2) is 12.4. The average molecular weight is 649 g/mol. The Labute approximate surface area is 278 Å². The van der Waals surface area contributed by atoms with E-state index in [2.05, 4.69) is 47.9 Å². The van der Waals surface area contributed by atoms with Crippen molar-refractivity contribution in [2.75, 3.05) is 22.9 Å². The van der Waals surface area contributed by atoms with Crippen LogP contribution in [-0.2, 0) is 0 Å². The lowest BCUT2D eigenvalue weighted by molar-refractivity contribution is 0.371. The summed E-state index contributed by atoms with van der Waals surface area (Å²) in [4.78, 5) is 6.82. The quantitative estimate of drug-likeness (QED) is 0.173. The van der Waals surface area contributed by atoms with Gasteiger partial charge in [-0.3, -0.25) is 0 Å². The second-order valence-electron chi connectivity index (χ2n) is 11.7. The molecule has 3 aromatic rings. The molecule has 0 bridgehead atoms. The molecule has 2 aliphatic heterocycles. The monoisotopic (exact) mass is 648 g/mol. The zero-order chi connectivity index (χ0) is 31.9. The molecule has 0 saturated heterocycles. The number of nitrogens with zero attached hydrogens (tertiary/aromatic N) is 2. The number of unbranched alkanes of at least 4 members (excludes halogenated alkanes) is 2. The lowest BCUT2D eigenvalue weighted by Gasteiger charge is -2.26. The van der Waals surface area contributed by atoms with Crippen molar-refractivity contribution in [1.29, 1.82) is 0 Å². The number of aliphatic hydroxyl groups excluding tert-OH is 4. The minimum absolute atomic E-state index is 0.0507. The van der Waals surface area contributed by atoms with Gasteiger partial charge in [0.1, 0.15) is 23.0 Å². The highest BCUT2D eigenvalue weighted by atomic mass is 32.2. The molecule has 0 spiro atoms. The van der Waals surface area contributed by atoms with Crippen molar-refractivity contribution in [3.05, 3.63) is 140 Å². The highest BCUT2D eigenvalue weighted by molar-refractivity contribution is 8.04. The number of fused-ring (bicyclic) bond motifs is 2. The molecule has 8 heteroatoms. The van der Waals surface area contributed by atoms with Crippen LogP contribution >= 0.6 is 23.5 Å². The van der Waals surface area contributed by atoms with Crippen LogP contribution in [-0.4, -0.2) is 33.5 Å². The molecule has 6 nitrogen and oxygen atoms in total. The summed E-state index contributed by atoms with van der Waals surface area (Å²) in [6.45, 7) is 6.06. The van der Waals surface area contributed by atoms with Gasteiger partial charge in [-0.1, -0.05) is 98.7 Å². The summed E-state index contributed by atoms with van der Waals surface area (Å²) in [5, 5.41) is 46.1. The first-order chi connectivity index (χ1) is 22.4. The van der Waals surface area contributed by atoms with Crippen LogP contribution in [0.2, 0.25) is 0 Å². The Morgan fingerprint density at radius 2 is 0.935 bits per heavy atom.